The molecule has 4 nitrogen and oxygen atoms in total. The van der Waals surface area contributed by atoms with E-state index in [1.165, 1.54) is 0 Å². The molecule has 0 amide bonds. The zero-order valence-corrected chi connectivity index (χ0v) is 15.6. The van der Waals surface area contributed by atoms with Gasteiger partial charge in [-0.15, -0.1) is 0 Å². The van der Waals surface area contributed by atoms with Gasteiger partial charge in [-0.3, -0.25) is 9.59 Å². The molecule has 134 valence electrons. The van der Waals surface area contributed by atoms with Crippen molar-refractivity contribution in [3.8, 4) is 11.1 Å². The first-order valence-electron chi connectivity index (χ1n) is 8.79. The molecule has 0 heterocycles. The fraction of sp³-hybridized carbons (Fsp3) is 0.273. The second-order valence-corrected chi connectivity index (χ2v) is 7.71. The quantitative estimate of drug-likeness (QED) is 0.665. The summed E-state index contributed by atoms with van der Waals surface area (Å²) in [6, 6.07) is 18.0. The molecule has 3 aromatic rings. The van der Waals surface area contributed by atoms with Gasteiger partial charge in [0.2, 0.25) is 0 Å². The van der Waals surface area contributed by atoms with Crippen molar-refractivity contribution in [2.45, 2.75) is 33.7 Å². The van der Waals surface area contributed by atoms with Crippen LogP contribution >= 0.6 is 0 Å². The Kier molecular flexibility index (Phi) is 4.68. The summed E-state index contributed by atoms with van der Waals surface area (Å²) >= 11 is 0. The van der Waals surface area contributed by atoms with Gasteiger partial charge in [0.05, 0.1) is 0 Å². The molecular formula is C22H24N2O2. The second-order valence-electron chi connectivity index (χ2n) is 7.71. The Morgan fingerprint density at radius 1 is 0.769 bits per heavy atom. The van der Waals surface area contributed by atoms with E-state index < -0.39 is 10.9 Å². The lowest BCUT2D eigenvalue weighted by molar-refractivity contribution is 0.359. The zero-order valence-electron chi connectivity index (χ0n) is 15.6. The molecular weight excluding hydrogens is 324 g/mol. The first kappa shape index (κ1) is 17.9. The van der Waals surface area contributed by atoms with Crippen molar-refractivity contribution in [1.29, 1.82) is 0 Å². The summed E-state index contributed by atoms with van der Waals surface area (Å²) in [4.78, 5) is 23.9. The minimum atomic E-state index is -0.472. The van der Waals surface area contributed by atoms with Crippen LogP contribution in [0.4, 0.5) is 17.1 Å². The van der Waals surface area contributed by atoms with E-state index in [1.807, 2.05) is 49.4 Å². The fourth-order valence-corrected chi connectivity index (χ4v) is 2.60. The van der Waals surface area contributed by atoms with Crippen LogP contribution in [-0.2, 0) is 0 Å². The van der Waals surface area contributed by atoms with Gasteiger partial charge >= 0.3 is 0 Å². The molecule has 3 rings (SSSR count). The van der Waals surface area contributed by atoms with Crippen LogP contribution in [0.1, 0.15) is 27.7 Å². The molecule has 1 atom stereocenters. The molecule has 0 bridgehead atoms. The summed E-state index contributed by atoms with van der Waals surface area (Å²) in [5.74, 6) is 0. The number of nitrogens with one attached hydrogen (secondary N) is 2. The van der Waals surface area contributed by atoms with E-state index in [9.17, 15) is 9.59 Å². The van der Waals surface area contributed by atoms with Crippen LogP contribution in [0.15, 0.2) is 64.2 Å². The molecule has 0 spiro atoms. The molecule has 3 aromatic carbocycles. The maximum absolute atomic E-state index is 12.0. The monoisotopic (exact) mass is 348 g/mol. The Bertz CT molecular complexity index is 960. The highest BCUT2D eigenvalue weighted by atomic mass is 16.2. The average Bonchev–Trinajstić information content (AvgIpc) is 2.64. The normalized spacial score (nSPS) is 12.8. The molecule has 2 N–H and O–H groups in total. The van der Waals surface area contributed by atoms with E-state index >= 15 is 0 Å². The highest BCUT2D eigenvalue weighted by Gasteiger charge is 2.26. The Balaban J connectivity index is 1.79. The second kappa shape index (κ2) is 6.79. The number of rotatable bonds is 5. The third-order valence-electron chi connectivity index (χ3n) is 4.83. The van der Waals surface area contributed by atoms with E-state index in [0.29, 0.717) is 11.4 Å². The average molecular weight is 348 g/mol. The van der Waals surface area contributed by atoms with Crippen LogP contribution in [0, 0.1) is 5.41 Å². The fourth-order valence-electron chi connectivity index (χ4n) is 2.60. The lowest BCUT2D eigenvalue weighted by atomic mass is 9.87. The minimum Gasteiger partial charge on any atom is -0.377 e. The smallest absolute Gasteiger partial charge is 0.253 e. The predicted molar refractivity (Wildman–Crippen MR) is 109 cm³/mol. The third kappa shape index (κ3) is 3.54. The Hall–Kier alpha value is -2.88. The molecule has 0 fully saturated rings. The van der Waals surface area contributed by atoms with Crippen molar-refractivity contribution < 1.29 is 0 Å². The van der Waals surface area contributed by atoms with E-state index in [2.05, 4.69) is 43.5 Å². The third-order valence-corrected chi connectivity index (χ3v) is 4.83. The Morgan fingerprint density at radius 3 is 1.88 bits per heavy atom. The van der Waals surface area contributed by atoms with Gasteiger partial charge < -0.3 is 10.6 Å². The maximum Gasteiger partial charge on any atom is 0.253 e. The van der Waals surface area contributed by atoms with Crippen LogP contribution in [0.25, 0.3) is 11.1 Å². The van der Waals surface area contributed by atoms with E-state index in [1.54, 1.807) is 0 Å². The molecule has 0 radical (unpaired) electrons. The van der Waals surface area contributed by atoms with Crippen molar-refractivity contribution >= 4 is 17.1 Å². The summed E-state index contributed by atoms with van der Waals surface area (Å²) in [7, 11) is 0. The number of hydrogen-bond donors (Lipinski definition) is 2. The Morgan fingerprint density at radius 2 is 1.31 bits per heavy atom. The van der Waals surface area contributed by atoms with Gasteiger partial charge in [-0.2, -0.15) is 0 Å². The number of benzene rings is 2. The van der Waals surface area contributed by atoms with Gasteiger partial charge in [0, 0.05) is 11.7 Å². The molecule has 0 saturated carbocycles. The van der Waals surface area contributed by atoms with Crippen molar-refractivity contribution in [3.63, 3.8) is 0 Å². The van der Waals surface area contributed by atoms with Gasteiger partial charge in [0.15, 0.2) is 0 Å². The molecule has 4 heteroatoms. The zero-order chi connectivity index (χ0) is 18.9. The van der Waals surface area contributed by atoms with E-state index in [4.69, 9.17) is 0 Å². The molecule has 0 saturated heterocycles. The van der Waals surface area contributed by atoms with Crippen LogP contribution < -0.4 is 21.5 Å². The summed E-state index contributed by atoms with van der Waals surface area (Å²) in [5.41, 5.74) is 2.79. The largest absolute Gasteiger partial charge is 0.377 e. The van der Waals surface area contributed by atoms with Crippen molar-refractivity contribution in [2.75, 3.05) is 10.6 Å². The molecule has 0 aliphatic carbocycles. The van der Waals surface area contributed by atoms with Crippen molar-refractivity contribution in [2.24, 2.45) is 5.41 Å². The van der Waals surface area contributed by atoms with Crippen LogP contribution in [0.3, 0.4) is 0 Å². The SMILES string of the molecule is CC(Nc1c(Nc2ccc(-c3ccccc3)cc2)c(=O)c1=O)C(C)(C)C. The summed E-state index contributed by atoms with van der Waals surface area (Å²) < 4.78 is 0. The summed E-state index contributed by atoms with van der Waals surface area (Å²) in [6.07, 6.45) is 0. The lowest BCUT2D eigenvalue weighted by Gasteiger charge is -2.30. The topological polar surface area (TPSA) is 58.2 Å². The van der Waals surface area contributed by atoms with Crippen LogP contribution in [-0.4, -0.2) is 6.04 Å². The summed E-state index contributed by atoms with van der Waals surface area (Å²) in [6.45, 7) is 8.28. The highest BCUT2D eigenvalue weighted by Crippen LogP contribution is 2.27. The molecule has 0 aliphatic heterocycles. The van der Waals surface area contributed by atoms with Crippen molar-refractivity contribution in [3.05, 3.63) is 75.0 Å². The lowest BCUT2D eigenvalue weighted by Crippen LogP contribution is -2.41. The maximum atomic E-state index is 12.0. The van der Waals surface area contributed by atoms with Gasteiger partial charge in [-0.05, 0) is 35.6 Å². The predicted octanol–water partition coefficient (Wildman–Crippen LogP) is 4.54. The van der Waals surface area contributed by atoms with Gasteiger partial charge in [-0.25, -0.2) is 0 Å². The first-order valence-corrected chi connectivity index (χ1v) is 8.79. The Labute approximate surface area is 153 Å². The molecule has 26 heavy (non-hydrogen) atoms. The van der Waals surface area contributed by atoms with Gasteiger partial charge in [0.1, 0.15) is 11.4 Å². The van der Waals surface area contributed by atoms with Gasteiger partial charge in [0.25, 0.3) is 10.9 Å². The standard InChI is InChI=1S/C22H24N2O2/c1-14(22(2,3)4)23-18-19(21(26)20(18)25)24-17-12-10-16(11-13-17)15-8-6-5-7-9-15/h5-14,23-24H,1-4H3. The van der Waals surface area contributed by atoms with Crippen molar-refractivity contribution in [1.82, 2.24) is 0 Å². The first-order chi connectivity index (χ1) is 12.3. The highest BCUT2D eigenvalue weighted by molar-refractivity contribution is 5.79. The molecule has 0 aromatic heterocycles. The number of anilines is 3. The van der Waals surface area contributed by atoms with E-state index in [-0.39, 0.29) is 11.5 Å². The minimum absolute atomic E-state index is 0.0195. The van der Waals surface area contributed by atoms with Crippen LogP contribution in [0.5, 0.6) is 0 Å². The van der Waals surface area contributed by atoms with Crippen LogP contribution in [0.2, 0.25) is 0 Å². The van der Waals surface area contributed by atoms with Gasteiger partial charge in [-0.1, -0.05) is 63.2 Å². The molecule has 1 unspecified atom stereocenters. The summed E-state index contributed by atoms with van der Waals surface area (Å²) in [5, 5.41) is 6.28. The van der Waals surface area contributed by atoms with E-state index in [0.717, 1.165) is 16.8 Å². The molecule has 0 aliphatic rings. The number of hydrogen-bond acceptors (Lipinski definition) is 4.